The molecule has 2 fully saturated rings. The van der Waals surface area contributed by atoms with Crippen molar-refractivity contribution in [2.45, 2.75) is 63.8 Å². The molecule has 1 aromatic heterocycles. The topological polar surface area (TPSA) is 171 Å². The molecule has 3 aromatic carbocycles. The van der Waals surface area contributed by atoms with Crippen LogP contribution in [0.4, 0.5) is 28.8 Å². The van der Waals surface area contributed by atoms with Gasteiger partial charge in [-0.25, -0.2) is 4.98 Å². The molecule has 66 heavy (non-hydrogen) atoms. The van der Waals surface area contributed by atoms with Gasteiger partial charge >= 0.3 is 0 Å². The van der Waals surface area contributed by atoms with Crippen molar-refractivity contribution in [3.63, 3.8) is 0 Å². The maximum Gasteiger partial charge on any atom is 0.255 e. The molecule has 3 aliphatic rings. The normalized spacial score (nSPS) is 16.5. The van der Waals surface area contributed by atoms with E-state index in [2.05, 4.69) is 46.7 Å². The summed E-state index contributed by atoms with van der Waals surface area (Å²) in [5.41, 5.74) is 4.84. The smallest absolute Gasteiger partial charge is 0.255 e. The lowest BCUT2D eigenvalue weighted by Crippen LogP contribution is -2.53. The summed E-state index contributed by atoms with van der Waals surface area (Å²) < 4.78 is 30.8. The first-order valence-electron chi connectivity index (χ1n) is 22.7. The minimum absolute atomic E-state index is 0.161. The number of unbranched alkanes of at least 4 members (excludes halogenated alkanes) is 1. The molecular formula is C48H63ClN9O7P. The van der Waals surface area contributed by atoms with Crippen LogP contribution in [0.3, 0.4) is 0 Å². The van der Waals surface area contributed by atoms with Gasteiger partial charge in [-0.05, 0) is 82.3 Å². The molecule has 18 heteroatoms. The number of ether oxygens (including phenoxy) is 3. The number of anilines is 5. The van der Waals surface area contributed by atoms with Crippen LogP contribution >= 0.6 is 18.7 Å². The third-order valence-electron chi connectivity index (χ3n) is 12.7. The minimum atomic E-state index is -2.57. The van der Waals surface area contributed by atoms with Gasteiger partial charge in [0.25, 0.3) is 5.91 Å². The summed E-state index contributed by atoms with van der Waals surface area (Å²) in [6.45, 7) is 11.7. The van der Waals surface area contributed by atoms with E-state index in [0.717, 1.165) is 94.6 Å². The first-order chi connectivity index (χ1) is 31.9. The fourth-order valence-electron chi connectivity index (χ4n) is 9.13. The number of piperazine rings is 1. The second-order valence-electron chi connectivity index (χ2n) is 17.4. The maximum atomic E-state index is 13.2. The summed E-state index contributed by atoms with van der Waals surface area (Å²) in [6, 6.07) is 16.9. The van der Waals surface area contributed by atoms with Gasteiger partial charge in [0, 0.05) is 99.6 Å². The molecule has 0 aliphatic carbocycles. The van der Waals surface area contributed by atoms with Gasteiger partial charge in [0.05, 0.1) is 50.5 Å². The van der Waals surface area contributed by atoms with Gasteiger partial charge in [0.2, 0.25) is 11.9 Å². The number of rotatable bonds is 21. The number of nitrogens with one attached hydrogen (secondary N) is 3. The minimum Gasteiger partial charge on any atom is -0.494 e. The fraction of sp³-hybridized carbons (Fsp3) is 0.479. The second-order valence-corrected chi connectivity index (χ2v) is 21.0. The number of carbonyl (C=O) groups excluding carboxylic acids is 3. The van der Waals surface area contributed by atoms with Crippen molar-refractivity contribution in [3.8, 4) is 11.5 Å². The molecule has 0 radical (unpaired) electrons. The molecule has 2 saturated heterocycles. The molecule has 4 aromatic rings. The van der Waals surface area contributed by atoms with E-state index < -0.39 is 13.2 Å². The average molecular weight is 945 g/mol. The number of para-hydroxylation sites is 1. The largest absolute Gasteiger partial charge is 0.494 e. The van der Waals surface area contributed by atoms with E-state index in [1.165, 1.54) is 6.20 Å². The molecular weight excluding hydrogens is 881 g/mol. The Kier molecular flexibility index (Phi) is 16.6. The van der Waals surface area contributed by atoms with Gasteiger partial charge in [0.1, 0.15) is 29.9 Å². The zero-order valence-electron chi connectivity index (χ0n) is 38.7. The predicted molar refractivity (Wildman–Crippen MR) is 260 cm³/mol. The number of aromatic nitrogens is 2. The number of methoxy groups -OCH3 is 2. The number of carbonyl (C=O) groups is 3. The number of hydrogen-bond donors (Lipinski definition) is 3. The van der Waals surface area contributed by atoms with Crippen molar-refractivity contribution in [3.05, 3.63) is 82.5 Å². The van der Waals surface area contributed by atoms with Crippen molar-refractivity contribution in [1.82, 2.24) is 30.0 Å². The van der Waals surface area contributed by atoms with Crippen LogP contribution in [0.5, 0.6) is 11.5 Å². The Bertz CT molecular complexity index is 2390. The van der Waals surface area contributed by atoms with E-state index in [1.54, 1.807) is 45.6 Å². The number of aldehydes is 1. The van der Waals surface area contributed by atoms with Gasteiger partial charge in [-0.15, -0.1) is 0 Å². The lowest BCUT2D eigenvalue weighted by atomic mass is 10.00. The Morgan fingerprint density at radius 3 is 2.45 bits per heavy atom. The van der Waals surface area contributed by atoms with Crippen molar-refractivity contribution in [1.29, 1.82) is 0 Å². The maximum absolute atomic E-state index is 13.2. The Morgan fingerprint density at radius 2 is 1.74 bits per heavy atom. The van der Waals surface area contributed by atoms with Crippen LogP contribution in [-0.4, -0.2) is 142 Å². The van der Waals surface area contributed by atoms with Crippen LogP contribution in [0.15, 0.2) is 60.8 Å². The van der Waals surface area contributed by atoms with Gasteiger partial charge < -0.3 is 54.2 Å². The van der Waals surface area contributed by atoms with Crippen LogP contribution in [0.1, 0.15) is 60.0 Å². The second kappa shape index (κ2) is 22.5. The molecule has 3 N–H and O–H groups in total. The molecule has 0 bridgehead atoms. The Hall–Kier alpha value is -5.25. The van der Waals surface area contributed by atoms with Crippen LogP contribution < -0.4 is 35.6 Å². The number of nitrogens with zero attached hydrogens (tertiary/aromatic N) is 6. The van der Waals surface area contributed by atoms with E-state index >= 15 is 0 Å². The molecule has 354 valence electrons. The van der Waals surface area contributed by atoms with Gasteiger partial charge in [-0.3, -0.25) is 14.5 Å². The summed E-state index contributed by atoms with van der Waals surface area (Å²) in [4.78, 5) is 55.1. The van der Waals surface area contributed by atoms with Gasteiger partial charge in [-0.1, -0.05) is 29.8 Å². The first kappa shape index (κ1) is 48.7. The van der Waals surface area contributed by atoms with E-state index in [4.69, 9.17) is 25.8 Å². The van der Waals surface area contributed by atoms with Crippen LogP contribution in [-0.2, 0) is 32.0 Å². The summed E-state index contributed by atoms with van der Waals surface area (Å²) in [6.07, 6.45) is 6.77. The van der Waals surface area contributed by atoms with E-state index in [-0.39, 0.29) is 24.7 Å². The highest BCUT2D eigenvalue weighted by Crippen LogP contribution is 2.40. The lowest BCUT2D eigenvalue weighted by Gasteiger charge is -2.43. The zero-order chi connectivity index (χ0) is 46.8. The zero-order valence-corrected chi connectivity index (χ0v) is 40.3. The standard InChI is InChI=1S/C48H63ClN9O7P/c1-50-45(60)16-15-35(31-59)58-30-37-36(47(58)61)11-10-13-42(37)65-26-9-8-19-55-22-24-56(25-23-55)34-17-20-57(21-18-34)41-28-43(64-3)40(27-33(41)32-63-2)53-48-51-29-38(49)46(54-48)52-39-12-6-7-14-44(39)66(4,5)62/h6-7,10-14,27-29,31,34-35H,8-9,15-26,30,32H2,1-5H3,(H,50,60)(H2,51,52,53,54). The summed E-state index contributed by atoms with van der Waals surface area (Å²) in [5.74, 6) is 1.68. The monoisotopic (exact) mass is 943 g/mol. The predicted octanol–water partition coefficient (Wildman–Crippen LogP) is 6.52. The SMILES string of the molecule is CNC(=O)CCC(C=O)N1Cc2c(OCCCCN3CCN(C4CCN(c5cc(OC)c(Nc6ncc(Cl)c(Nc7ccccc7P(C)(C)=O)n6)cc5COC)CC4)CC3)cccc2C1=O. The fourth-order valence-corrected chi connectivity index (χ4v) is 10.4. The summed E-state index contributed by atoms with van der Waals surface area (Å²) >= 11 is 6.54. The number of fused-ring (bicyclic) bond motifs is 1. The van der Waals surface area contributed by atoms with E-state index in [1.807, 2.05) is 42.5 Å². The molecule has 7 rings (SSSR count). The van der Waals surface area contributed by atoms with Crippen LogP contribution in [0.2, 0.25) is 5.02 Å². The molecule has 1 atom stereocenters. The Labute approximate surface area is 393 Å². The first-order valence-corrected chi connectivity index (χ1v) is 25.7. The van der Waals surface area contributed by atoms with E-state index in [0.29, 0.717) is 76.3 Å². The summed E-state index contributed by atoms with van der Waals surface area (Å²) in [5, 5.41) is 10.2. The molecule has 0 saturated carbocycles. The third-order valence-corrected chi connectivity index (χ3v) is 14.6. The molecule has 0 spiro atoms. The summed E-state index contributed by atoms with van der Waals surface area (Å²) in [7, 11) is 2.34. The van der Waals surface area contributed by atoms with Crippen molar-refractivity contribution in [2.75, 3.05) is 103 Å². The van der Waals surface area contributed by atoms with Crippen molar-refractivity contribution >= 4 is 71.0 Å². The number of piperidine rings is 1. The molecule has 2 amide bonds. The highest BCUT2D eigenvalue weighted by Gasteiger charge is 2.35. The molecule has 1 unspecified atom stereocenters. The molecule has 16 nitrogen and oxygen atoms in total. The Morgan fingerprint density at radius 1 is 0.970 bits per heavy atom. The van der Waals surface area contributed by atoms with Crippen molar-refractivity contribution in [2.24, 2.45) is 0 Å². The number of halogens is 1. The quantitative estimate of drug-likeness (QED) is 0.0469. The van der Waals surface area contributed by atoms with Crippen molar-refractivity contribution < 1.29 is 33.2 Å². The number of amides is 2. The third kappa shape index (κ3) is 11.8. The average Bonchev–Trinajstić information content (AvgIpc) is 3.66. The van der Waals surface area contributed by atoms with Gasteiger partial charge in [0.15, 0.2) is 5.82 Å². The van der Waals surface area contributed by atoms with Crippen LogP contribution in [0, 0.1) is 0 Å². The van der Waals surface area contributed by atoms with Crippen LogP contribution in [0.25, 0.3) is 0 Å². The highest BCUT2D eigenvalue weighted by atomic mass is 35.5. The van der Waals surface area contributed by atoms with Gasteiger partial charge in [-0.2, -0.15) is 4.98 Å². The molecule has 3 aliphatic heterocycles. The number of benzene rings is 3. The Balaban J connectivity index is 0.871. The highest BCUT2D eigenvalue weighted by molar-refractivity contribution is 7.70. The lowest BCUT2D eigenvalue weighted by molar-refractivity contribution is -0.121. The molecule has 4 heterocycles. The number of hydrogen-bond acceptors (Lipinski definition) is 14. The van der Waals surface area contributed by atoms with E-state index in [9.17, 15) is 18.9 Å².